The standard InChI is InChI=1S/C7H11NO2/c1-8(10)6-3-2-4-7(9)5-6/h4-5,9-10H,2-3H2,1H3/p-1. The molecular weight excluding hydrogens is 130 g/mol. The van der Waals surface area contributed by atoms with Crippen LogP contribution in [0.2, 0.25) is 0 Å². The minimum atomic E-state index is -0.0119. The summed E-state index contributed by atoms with van der Waals surface area (Å²) in [5.41, 5.74) is 0.688. The van der Waals surface area contributed by atoms with Gasteiger partial charge in [0.25, 0.3) is 0 Å². The Morgan fingerprint density at radius 1 is 1.70 bits per heavy atom. The van der Waals surface area contributed by atoms with Gasteiger partial charge in [0.15, 0.2) is 0 Å². The Balaban J connectivity index is 2.69. The number of nitrogens with zero attached hydrogens (tertiary/aromatic N) is 1. The molecule has 0 saturated carbocycles. The molecule has 0 spiro atoms. The van der Waals surface area contributed by atoms with E-state index in [4.69, 9.17) is 5.21 Å². The van der Waals surface area contributed by atoms with Crippen molar-refractivity contribution in [3.8, 4) is 0 Å². The highest BCUT2D eigenvalue weighted by Crippen LogP contribution is 2.14. The first-order valence-corrected chi connectivity index (χ1v) is 3.20. The Morgan fingerprint density at radius 3 is 2.80 bits per heavy atom. The van der Waals surface area contributed by atoms with Crippen molar-refractivity contribution in [3.05, 3.63) is 23.6 Å². The van der Waals surface area contributed by atoms with Crippen LogP contribution >= 0.6 is 0 Å². The summed E-state index contributed by atoms with van der Waals surface area (Å²) in [6, 6.07) is 0. The van der Waals surface area contributed by atoms with E-state index >= 15 is 0 Å². The summed E-state index contributed by atoms with van der Waals surface area (Å²) in [6.07, 6.45) is 4.55. The first-order chi connectivity index (χ1) is 4.70. The summed E-state index contributed by atoms with van der Waals surface area (Å²) in [5.74, 6) is -0.0119. The van der Waals surface area contributed by atoms with E-state index in [9.17, 15) is 5.11 Å². The third-order valence-electron chi connectivity index (χ3n) is 1.47. The maximum Gasteiger partial charge on any atom is 0.0401 e. The second kappa shape index (κ2) is 2.75. The smallest absolute Gasteiger partial charge is 0.0401 e. The molecule has 1 aliphatic carbocycles. The molecule has 3 heteroatoms. The largest absolute Gasteiger partial charge is 0.873 e. The van der Waals surface area contributed by atoms with Gasteiger partial charge in [-0.15, -0.1) is 5.76 Å². The van der Waals surface area contributed by atoms with Gasteiger partial charge in [-0.05, 0) is 18.9 Å². The Kier molecular flexibility index (Phi) is 1.97. The minimum Gasteiger partial charge on any atom is -0.873 e. The monoisotopic (exact) mass is 140 g/mol. The quantitative estimate of drug-likeness (QED) is 0.530. The van der Waals surface area contributed by atoms with Gasteiger partial charge in [-0.3, -0.25) is 10.3 Å². The van der Waals surface area contributed by atoms with E-state index in [1.807, 2.05) is 0 Å². The molecule has 0 radical (unpaired) electrons. The lowest BCUT2D eigenvalue weighted by Gasteiger charge is -2.20. The molecule has 0 aromatic carbocycles. The van der Waals surface area contributed by atoms with Gasteiger partial charge in [-0.25, -0.2) is 0 Å². The molecule has 0 aromatic heterocycles. The predicted octanol–water partition coefficient (Wildman–Crippen LogP) is 0.229. The Labute approximate surface area is 59.8 Å². The number of allylic oxidation sites excluding steroid dienone is 3. The van der Waals surface area contributed by atoms with Crippen molar-refractivity contribution < 1.29 is 10.3 Å². The molecule has 0 saturated heterocycles. The van der Waals surface area contributed by atoms with Gasteiger partial charge in [-0.1, -0.05) is 6.08 Å². The van der Waals surface area contributed by atoms with Crippen LogP contribution in [0.15, 0.2) is 23.6 Å². The van der Waals surface area contributed by atoms with Gasteiger partial charge in [-0.2, -0.15) is 0 Å². The van der Waals surface area contributed by atoms with Crippen LogP contribution in [-0.2, 0) is 0 Å². The third-order valence-corrected chi connectivity index (χ3v) is 1.47. The van der Waals surface area contributed by atoms with E-state index in [1.165, 1.54) is 13.1 Å². The lowest BCUT2D eigenvalue weighted by Crippen LogP contribution is -2.16. The molecular formula is C7H10NO2-. The number of hydroxylamine groups is 2. The Bertz CT molecular complexity index is 182. The van der Waals surface area contributed by atoms with Gasteiger partial charge < -0.3 is 5.11 Å². The summed E-state index contributed by atoms with van der Waals surface area (Å²) in [7, 11) is 1.52. The number of hydrogen-bond donors (Lipinski definition) is 1. The molecule has 0 amide bonds. The predicted molar refractivity (Wildman–Crippen MR) is 34.9 cm³/mol. The summed E-state index contributed by atoms with van der Waals surface area (Å²) in [5, 5.41) is 20.6. The van der Waals surface area contributed by atoms with E-state index in [-0.39, 0.29) is 5.76 Å². The lowest BCUT2D eigenvalue weighted by molar-refractivity contribution is -0.296. The van der Waals surface area contributed by atoms with Crippen LogP contribution in [0.4, 0.5) is 0 Å². The molecule has 1 N–H and O–H groups in total. The van der Waals surface area contributed by atoms with Crippen molar-refractivity contribution in [3.63, 3.8) is 0 Å². The van der Waals surface area contributed by atoms with Crippen molar-refractivity contribution in [1.29, 1.82) is 0 Å². The van der Waals surface area contributed by atoms with Crippen LogP contribution in [-0.4, -0.2) is 17.3 Å². The second-order valence-electron chi connectivity index (χ2n) is 2.30. The summed E-state index contributed by atoms with van der Waals surface area (Å²) in [4.78, 5) is 0. The van der Waals surface area contributed by atoms with Crippen molar-refractivity contribution in [1.82, 2.24) is 5.06 Å². The average molecular weight is 140 g/mol. The van der Waals surface area contributed by atoms with Crippen molar-refractivity contribution in [2.75, 3.05) is 7.05 Å². The maximum absolute atomic E-state index is 10.7. The fraction of sp³-hybridized carbons (Fsp3) is 0.429. The van der Waals surface area contributed by atoms with Crippen LogP contribution in [0.3, 0.4) is 0 Å². The first-order valence-electron chi connectivity index (χ1n) is 3.20. The fourth-order valence-electron chi connectivity index (χ4n) is 0.913. The molecule has 1 rings (SSSR count). The molecule has 0 aromatic rings. The zero-order chi connectivity index (χ0) is 7.56. The van der Waals surface area contributed by atoms with E-state index in [0.29, 0.717) is 5.70 Å². The Hall–Kier alpha value is -0.960. The second-order valence-corrected chi connectivity index (χ2v) is 2.30. The van der Waals surface area contributed by atoms with E-state index in [1.54, 1.807) is 6.08 Å². The van der Waals surface area contributed by atoms with Gasteiger partial charge in [0.2, 0.25) is 0 Å². The molecule has 0 unspecified atom stereocenters. The van der Waals surface area contributed by atoms with Crippen molar-refractivity contribution in [2.24, 2.45) is 0 Å². The molecule has 56 valence electrons. The molecule has 0 aliphatic heterocycles. The van der Waals surface area contributed by atoms with Crippen LogP contribution in [0.5, 0.6) is 0 Å². The number of rotatable bonds is 1. The third kappa shape index (κ3) is 1.51. The Morgan fingerprint density at radius 2 is 2.40 bits per heavy atom. The molecule has 0 bridgehead atoms. The number of hydrogen-bond acceptors (Lipinski definition) is 3. The average Bonchev–Trinajstić information content (AvgIpc) is 1.88. The fourth-order valence-corrected chi connectivity index (χ4v) is 0.913. The SMILES string of the molecule is CN(O)C1=CC([O-])=CCC1. The van der Waals surface area contributed by atoms with Crippen LogP contribution in [0.25, 0.3) is 0 Å². The highest BCUT2D eigenvalue weighted by Gasteiger charge is 2.02. The lowest BCUT2D eigenvalue weighted by atomic mass is 10.1. The summed E-state index contributed by atoms with van der Waals surface area (Å²) < 4.78 is 0. The minimum absolute atomic E-state index is 0.0119. The van der Waals surface area contributed by atoms with Crippen molar-refractivity contribution >= 4 is 0 Å². The van der Waals surface area contributed by atoms with Gasteiger partial charge >= 0.3 is 0 Å². The zero-order valence-electron chi connectivity index (χ0n) is 5.87. The normalized spacial score (nSPS) is 17.8. The molecule has 0 atom stereocenters. The summed E-state index contributed by atoms with van der Waals surface area (Å²) >= 11 is 0. The van der Waals surface area contributed by atoms with Gasteiger partial charge in [0, 0.05) is 12.7 Å². The van der Waals surface area contributed by atoms with Gasteiger partial charge in [0.05, 0.1) is 0 Å². The molecule has 0 heterocycles. The first kappa shape index (κ1) is 7.15. The molecule has 1 aliphatic rings. The molecule has 10 heavy (non-hydrogen) atoms. The van der Waals surface area contributed by atoms with Crippen LogP contribution in [0, 0.1) is 0 Å². The van der Waals surface area contributed by atoms with E-state index in [0.717, 1.165) is 17.9 Å². The van der Waals surface area contributed by atoms with E-state index < -0.39 is 0 Å². The van der Waals surface area contributed by atoms with Crippen molar-refractivity contribution in [2.45, 2.75) is 12.8 Å². The van der Waals surface area contributed by atoms with Crippen LogP contribution < -0.4 is 5.11 Å². The molecule has 0 fully saturated rings. The molecule has 3 nitrogen and oxygen atoms in total. The van der Waals surface area contributed by atoms with Crippen LogP contribution in [0.1, 0.15) is 12.8 Å². The summed E-state index contributed by atoms with van der Waals surface area (Å²) in [6.45, 7) is 0. The topological polar surface area (TPSA) is 46.5 Å². The zero-order valence-corrected chi connectivity index (χ0v) is 5.87. The highest BCUT2D eigenvalue weighted by molar-refractivity contribution is 5.19. The van der Waals surface area contributed by atoms with E-state index in [2.05, 4.69) is 0 Å². The maximum atomic E-state index is 10.7. The highest BCUT2D eigenvalue weighted by atomic mass is 16.5. The van der Waals surface area contributed by atoms with Gasteiger partial charge in [0.1, 0.15) is 0 Å².